The summed E-state index contributed by atoms with van der Waals surface area (Å²) in [5.41, 5.74) is 0. The zero-order valence-electron chi connectivity index (χ0n) is 3.55. The van der Waals surface area contributed by atoms with Gasteiger partial charge in [-0.3, -0.25) is 0 Å². The van der Waals surface area contributed by atoms with Gasteiger partial charge in [-0.2, -0.15) is 0 Å². The molecule has 3 heteroatoms. The van der Waals surface area contributed by atoms with Crippen LogP contribution in [0.3, 0.4) is 0 Å². The molecule has 1 fully saturated rings. The topological polar surface area (TPSA) is 29.5 Å². The van der Waals surface area contributed by atoms with Gasteiger partial charge in [-0.15, -0.1) is 0 Å². The van der Waals surface area contributed by atoms with Gasteiger partial charge in [0.2, 0.25) is 0 Å². The molecule has 1 aliphatic carbocycles. The molecule has 0 radical (unpaired) electrons. The van der Waals surface area contributed by atoms with Gasteiger partial charge >= 0.3 is 7.69 Å². The Kier molecular flexibility index (Phi) is 1.12. The third-order valence-corrected chi connectivity index (χ3v) is 0.835. The summed E-state index contributed by atoms with van der Waals surface area (Å²) in [7, 11) is -0.106. The Labute approximate surface area is 37.4 Å². The van der Waals surface area contributed by atoms with E-state index in [0.29, 0.717) is 6.10 Å². The van der Waals surface area contributed by atoms with Gasteiger partial charge in [0.05, 0.1) is 0 Å². The van der Waals surface area contributed by atoms with E-state index in [4.69, 9.17) is 9.68 Å². The van der Waals surface area contributed by atoms with Crippen LogP contribution in [0.2, 0.25) is 0 Å². The lowest BCUT2D eigenvalue weighted by atomic mass is 10.4. The highest BCUT2D eigenvalue weighted by Gasteiger charge is 2.20. The van der Waals surface area contributed by atoms with Gasteiger partial charge in [0, 0.05) is 6.10 Å². The predicted octanol–water partition coefficient (Wildman–Crippen LogP) is -0.576. The third-order valence-electron chi connectivity index (χ3n) is 0.835. The van der Waals surface area contributed by atoms with Gasteiger partial charge in [-0.05, 0) is 12.8 Å². The maximum atomic E-state index is 8.05. The number of hydrogen-bond donors (Lipinski definition) is 1. The lowest BCUT2D eigenvalue weighted by molar-refractivity contribution is 0.271. The molecule has 1 rings (SSSR count). The SMILES string of the molecule is OBOC1CC1. The Morgan fingerprint density at radius 2 is 2.33 bits per heavy atom. The van der Waals surface area contributed by atoms with Crippen molar-refractivity contribution < 1.29 is 9.68 Å². The highest BCUT2D eigenvalue weighted by molar-refractivity contribution is 6.15. The van der Waals surface area contributed by atoms with Crippen LogP contribution in [0.15, 0.2) is 0 Å². The smallest absolute Gasteiger partial charge is 0.430 e. The molecule has 2 nitrogen and oxygen atoms in total. The van der Waals surface area contributed by atoms with Crippen molar-refractivity contribution in [1.82, 2.24) is 0 Å². The van der Waals surface area contributed by atoms with Gasteiger partial charge in [0.15, 0.2) is 0 Å². The van der Waals surface area contributed by atoms with E-state index < -0.39 is 0 Å². The van der Waals surface area contributed by atoms with Crippen LogP contribution in [0.4, 0.5) is 0 Å². The maximum Gasteiger partial charge on any atom is 0.435 e. The summed E-state index contributed by atoms with van der Waals surface area (Å²) >= 11 is 0. The second kappa shape index (κ2) is 1.62. The van der Waals surface area contributed by atoms with E-state index in [2.05, 4.69) is 0 Å². The van der Waals surface area contributed by atoms with Crippen LogP contribution in [-0.2, 0) is 4.65 Å². The minimum Gasteiger partial charge on any atom is -0.430 e. The summed E-state index contributed by atoms with van der Waals surface area (Å²) in [6.45, 7) is 0. The molecule has 0 heterocycles. The Morgan fingerprint density at radius 1 is 1.67 bits per heavy atom. The molecule has 0 saturated heterocycles. The first-order valence-corrected chi connectivity index (χ1v) is 2.16. The predicted molar refractivity (Wildman–Crippen MR) is 23.5 cm³/mol. The van der Waals surface area contributed by atoms with Crippen molar-refractivity contribution in [1.29, 1.82) is 0 Å². The van der Waals surface area contributed by atoms with E-state index in [1.165, 1.54) is 0 Å². The molecule has 0 aromatic heterocycles. The summed E-state index contributed by atoms with van der Waals surface area (Å²) in [6.07, 6.45) is 2.68. The second-order valence-corrected chi connectivity index (χ2v) is 1.50. The van der Waals surface area contributed by atoms with Crippen LogP contribution in [0.1, 0.15) is 12.8 Å². The molecule has 34 valence electrons. The molecule has 1 N–H and O–H groups in total. The van der Waals surface area contributed by atoms with Crippen molar-refractivity contribution in [3.63, 3.8) is 0 Å². The Balaban J connectivity index is 1.88. The normalized spacial score (nSPS) is 20.8. The summed E-state index contributed by atoms with van der Waals surface area (Å²) in [5, 5.41) is 8.05. The molecule has 0 unspecified atom stereocenters. The van der Waals surface area contributed by atoms with Crippen molar-refractivity contribution in [3.05, 3.63) is 0 Å². The van der Waals surface area contributed by atoms with Crippen molar-refractivity contribution in [2.75, 3.05) is 0 Å². The minimum absolute atomic E-state index is 0.106. The quantitative estimate of drug-likeness (QED) is 0.455. The molecule has 0 amide bonds. The molecule has 0 atom stereocenters. The molecular weight excluding hydrogens is 78.8 g/mol. The standard InChI is InChI=1S/C3H7BO2/c5-4-6-3-1-2-3/h3-5H,1-2H2. The van der Waals surface area contributed by atoms with Crippen molar-refractivity contribution in [2.45, 2.75) is 18.9 Å². The van der Waals surface area contributed by atoms with Crippen LogP contribution in [0, 0.1) is 0 Å². The van der Waals surface area contributed by atoms with E-state index >= 15 is 0 Å². The van der Waals surface area contributed by atoms with Gasteiger partial charge < -0.3 is 9.68 Å². The van der Waals surface area contributed by atoms with Gasteiger partial charge in [0.1, 0.15) is 0 Å². The van der Waals surface area contributed by atoms with E-state index in [9.17, 15) is 0 Å². The van der Waals surface area contributed by atoms with E-state index in [-0.39, 0.29) is 7.69 Å². The number of hydrogen-bond acceptors (Lipinski definition) is 2. The van der Waals surface area contributed by atoms with Crippen molar-refractivity contribution in [3.8, 4) is 0 Å². The average molecular weight is 85.9 g/mol. The van der Waals surface area contributed by atoms with Crippen LogP contribution in [-0.4, -0.2) is 18.8 Å². The highest BCUT2D eigenvalue weighted by Crippen LogP contribution is 2.21. The zero-order valence-corrected chi connectivity index (χ0v) is 3.55. The molecule has 1 saturated carbocycles. The first kappa shape index (κ1) is 4.15. The molecule has 0 aromatic carbocycles. The molecule has 0 aliphatic heterocycles. The fourth-order valence-electron chi connectivity index (χ4n) is 0.340. The zero-order chi connectivity index (χ0) is 4.41. The van der Waals surface area contributed by atoms with E-state index in [0.717, 1.165) is 12.8 Å². The fourth-order valence-corrected chi connectivity index (χ4v) is 0.340. The summed E-state index contributed by atoms with van der Waals surface area (Å²) in [6, 6.07) is 0. The van der Waals surface area contributed by atoms with Crippen LogP contribution in [0.5, 0.6) is 0 Å². The summed E-state index contributed by atoms with van der Waals surface area (Å²) < 4.78 is 4.71. The Bertz CT molecular complexity index is 44.1. The van der Waals surface area contributed by atoms with Gasteiger partial charge in [-0.25, -0.2) is 0 Å². The molecule has 0 aromatic rings. The molecular formula is C3H7BO2. The van der Waals surface area contributed by atoms with E-state index in [1.54, 1.807) is 0 Å². The fraction of sp³-hybridized carbons (Fsp3) is 1.00. The van der Waals surface area contributed by atoms with Gasteiger partial charge in [0.25, 0.3) is 0 Å². The Morgan fingerprint density at radius 3 is 2.50 bits per heavy atom. The monoisotopic (exact) mass is 86.1 g/mol. The molecule has 0 bridgehead atoms. The average Bonchev–Trinajstić information content (AvgIpc) is 2.21. The molecule has 1 aliphatic rings. The van der Waals surface area contributed by atoms with E-state index in [1.807, 2.05) is 0 Å². The van der Waals surface area contributed by atoms with Crippen LogP contribution < -0.4 is 0 Å². The highest BCUT2D eigenvalue weighted by atomic mass is 16.5. The molecule has 0 spiro atoms. The largest absolute Gasteiger partial charge is 0.435 e. The Hall–Kier alpha value is -0.0151. The van der Waals surface area contributed by atoms with Crippen molar-refractivity contribution in [2.24, 2.45) is 0 Å². The summed E-state index contributed by atoms with van der Waals surface area (Å²) in [4.78, 5) is 0. The number of rotatable bonds is 2. The van der Waals surface area contributed by atoms with Crippen molar-refractivity contribution >= 4 is 7.69 Å². The first-order chi connectivity index (χ1) is 2.93. The van der Waals surface area contributed by atoms with Crippen LogP contribution in [0.25, 0.3) is 0 Å². The lowest BCUT2D eigenvalue weighted by Crippen LogP contribution is -1.97. The maximum absolute atomic E-state index is 8.05. The third kappa shape index (κ3) is 0.991. The van der Waals surface area contributed by atoms with Crippen LogP contribution >= 0.6 is 0 Å². The first-order valence-electron chi connectivity index (χ1n) is 2.16. The molecule has 6 heavy (non-hydrogen) atoms. The second-order valence-electron chi connectivity index (χ2n) is 1.50. The van der Waals surface area contributed by atoms with Gasteiger partial charge in [-0.1, -0.05) is 0 Å². The summed E-state index contributed by atoms with van der Waals surface area (Å²) in [5.74, 6) is 0. The lowest BCUT2D eigenvalue weighted by Gasteiger charge is -1.86. The minimum atomic E-state index is -0.106.